The first-order valence-corrected chi connectivity index (χ1v) is 11.0. The van der Waals surface area contributed by atoms with Crippen LogP contribution in [0.3, 0.4) is 0 Å². The summed E-state index contributed by atoms with van der Waals surface area (Å²) < 4.78 is 12.4. The summed E-state index contributed by atoms with van der Waals surface area (Å²) in [4.78, 5) is 6.43. The fourth-order valence-corrected chi connectivity index (χ4v) is 4.92. The smallest absolute Gasteiger partial charge is 0.0894 e. The second kappa shape index (κ2) is 6.95. The molecule has 1 aliphatic heterocycles. The second-order valence-corrected chi connectivity index (χ2v) is 9.82. The number of aromatic nitrogens is 1. The van der Waals surface area contributed by atoms with Crippen LogP contribution in [0.1, 0.15) is 19.4 Å². The van der Waals surface area contributed by atoms with Gasteiger partial charge in [-0.25, -0.2) is 0 Å². The van der Waals surface area contributed by atoms with Gasteiger partial charge in [-0.3, -0.25) is 4.21 Å². The number of nitrogens with one attached hydrogen (secondary N) is 1. The fourth-order valence-electron chi connectivity index (χ4n) is 3.80. The minimum atomic E-state index is -1.05. The highest BCUT2D eigenvalue weighted by molar-refractivity contribution is 7.85. The molecule has 28 heavy (non-hydrogen) atoms. The van der Waals surface area contributed by atoms with Crippen LogP contribution in [-0.2, 0) is 10.8 Å². The molecule has 0 unspecified atom stereocenters. The number of aromatic amines is 1. The molecule has 0 saturated carbocycles. The standard InChI is InChI=1S/C22H22ClN3OS/c1-4-28(27)15-6-8-19(26-12-22(3,11-24)13-26)17(10-15)21-20(23)16-7-5-14(2)9-18(16)25-21/h5-10,25H,4,12-13H2,1-3H3/t28-/m1/s1. The highest BCUT2D eigenvalue weighted by Gasteiger charge is 2.40. The average Bonchev–Trinajstić information content (AvgIpc) is 3.00. The molecular formula is C22H22ClN3OS. The molecule has 4 rings (SSSR count). The Morgan fingerprint density at radius 1 is 1.29 bits per heavy atom. The maximum Gasteiger partial charge on any atom is 0.0894 e. The van der Waals surface area contributed by atoms with E-state index < -0.39 is 10.8 Å². The summed E-state index contributed by atoms with van der Waals surface area (Å²) in [5, 5.41) is 11.0. The van der Waals surface area contributed by atoms with Gasteiger partial charge < -0.3 is 9.88 Å². The van der Waals surface area contributed by atoms with E-state index in [4.69, 9.17) is 11.6 Å². The minimum absolute atomic E-state index is 0.330. The van der Waals surface area contributed by atoms with Crippen LogP contribution in [0, 0.1) is 23.7 Å². The van der Waals surface area contributed by atoms with Crippen LogP contribution >= 0.6 is 11.6 Å². The molecule has 1 N–H and O–H groups in total. The Morgan fingerprint density at radius 2 is 2.04 bits per heavy atom. The number of hydrogen-bond donors (Lipinski definition) is 1. The minimum Gasteiger partial charge on any atom is -0.368 e. The van der Waals surface area contributed by atoms with Crippen molar-refractivity contribution >= 4 is 39.0 Å². The molecule has 1 aromatic heterocycles. The third-order valence-electron chi connectivity index (χ3n) is 5.34. The van der Waals surface area contributed by atoms with E-state index in [1.54, 1.807) is 0 Å². The molecule has 0 bridgehead atoms. The number of rotatable bonds is 4. The zero-order chi connectivity index (χ0) is 20.1. The zero-order valence-corrected chi connectivity index (χ0v) is 17.7. The summed E-state index contributed by atoms with van der Waals surface area (Å²) in [6, 6.07) is 14.4. The quantitative estimate of drug-likeness (QED) is 0.635. The van der Waals surface area contributed by atoms with Crippen LogP contribution in [-0.4, -0.2) is 28.0 Å². The van der Waals surface area contributed by atoms with Gasteiger partial charge in [-0.2, -0.15) is 5.26 Å². The van der Waals surface area contributed by atoms with Crippen LogP contribution in [0.4, 0.5) is 5.69 Å². The molecule has 1 fully saturated rings. The normalized spacial score (nSPS) is 16.6. The topological polar surface area (TPSA) is 59.9 Å². The molecule has 4 nitrogen and oxygen atoms in total. The Balaban J connectivity index is 1.88. The van der Waals surface area contributed by atoms with Crippen LogP contribution in [0.2, 0.25) is 5.02 Å². The van der Waals surface area contributed by atoms with Crippen molar-refractivity contribution in [3.8, 4) is 17.3 Å². The van der Waals surface area contributed by atoms with Gasteiger partial charge in [0.25, 0.3) is 0 Å². The molecule has 0 radical (unpaired) electrons. The lowest BCUT2D eigenvalue weighted by Crippen LogP contribution is -2.54. The van der Waals surface area contributed by atoms with Gasteiger partial charge in [0.2, 0.25) is 0 Å². The molecule has 6 heteroatoms. The second-order valence-electron chi connectivity index (χ2n) is 7.70. The monoisotopic (exact) mass is 411 g/mol. The number of anilines is 1. The lowest BCUT2D eigenvalue weighted by molar-refractivity contribution is 0.337. The van der Waals surface area contributed by atoms with Gasteiger partial charge in [0, 0.05) is 45.9 Å². The Bertz CT molecular complexity index is 1140. The van der Waals surface area contributed by atoms with Crippen LogP contribution in [0.5, 0.6) is 0 Å². The maximum atomic E-state index is 12.4. The lowest BCUT2D eigenvalue weighted by atomic mass is 9.83. The van der Waals surface area contributed by atoms with Crippen LogP contribution in [0.25, 0.3) is 22.2 Å². The van der Waals surface area contributed by atoms with Crippen molar-refractivity contribution in [3.63, 3.8) is 0 Å². The van der Waals surface area contributed by atoms with E-state index >= 15 is 0 Å². The molecule has 0 spiro atoms. The van der Waals surface area contributed by atoms with Crippen molar-refractivity contribution in [3.05, 3.63) is 47.0 Å². The Kier molecular flexibility index (Phi) is 4.73. The zero-order valence-electron chi connectivity index (χ0n) is 16.2. The third kappa shape index (κ3) is 3.11. The van der Waals surface area contributed by atoms with Crippen molar-refractivity contribution in [2.24, 2.45) is 5.41 Å². The van der Waals surface area contributed by atoms with Gasteiger partial charge in [-0.1, -0.05) is 30.7 Å². The summed E-state index contributed by atoms with van der Waals surface area (Å²) in [5.41, 5.74) is 4.58. The van der Waals surface area contributed by atoms with Gasteiger partial charge in [0.1, 0.15) is 0 Å². The van der Waals surface area contributed by atoms with Crippen molar-refractivity contribution in [2.75, 3.05) is 23.7 Å². The fraction of sp³-hybridized carbons (Fsp3) is 0.318. The molecule has 1 atom stereocenters. The van der Waals surface area contributed by atoms with Gasteiger partial charge in [0.15, 0.2) is 0 Å². The van der Waals surface area contributed by atoms with Gasteiger partial charge in [-0.05, 0) is 43.7 Å². The molecular weight excluding hydrogens is 390 g/mol. The summed E-state index contributed by atoms with van der Waals surface area (Å²) >= 11 is 6.75. The van der Waals surface area contributed by atoms with Gasteiger partial charge in [-0.15, -0.1) is 0 Å². The number of halogens is 1. The third-order valence-corrected chi connectivity index (χ3v) is 7.04. The first-order chi connectivity index (χ1) is 13.3. The van der Waals surface area contributed by atoms with Crippen molar-refractivity contribution in [1.29, 1.82) is 5.26 Å². The Hall–Kier alpha value is -2.29. The first-order valence-electron chi connectivity index (χ1n) is 9.32. The maximum absolute atomic E-state index is 12.4. The molecule has 2 heterocycles. The molecule has 144 valence electrons. The van der Waals surface area contributed by atoms with Crippen molar-refractivity contribution in [2.45, 2.75) is 25.7 Å². The Labute approximate surface area is 172 Å². The van der Waals surface area contributed by atoms with E-state index in [0.29, 0.717) is 23.9 Å². The van der Waals surface area contributed by atoms with E-state index in [1.807, 2.05) is 51.1 Å². The number of nitriles is 1. The Morgan fingerprint density at radius 3 is 2.71 bits per heavy atom. The van der Waals surface area contributed by atoms with Gasteiger partial charge >= 0.3 is 0 Å². The molecule has 1 saturated heterocycles. The van der Waals surface area contributed by atoms with E-state index in [9.17, 15) is 9.47 Å². The highest BCUT2D eigenvalue weighted by atomic mass is 35.5. The van der Waals surface area contributed by atoms with E-state index in [0.717, 1.165) is 38.3 Å². The average molecular weight is 412 g/mol. The first kappa shape index (κ1) is 19.0. The van der Waals surface area contributed by atoms with E-state index in [-0.39, 0.29) is 5.41 Å². The number of nitrogens with zero attached hydrogens (tertiary/aromatic N) is 2. The molecule has 0 amide bonds. The number of hydrogen-bond acceptors (Lipinski definition) is 3. The number of aryl methyl sites for hydroxylation is 1. The van der Waals surface area contributed by atoms with Crippen molar-refractivity contribution < 1.29 is 4.21 Å². The number of fused-ring (bicyclic) bond motifs is 1. The predicted octanol–water partition coefficient (Wildman–Crippen LogP) is 5.27. The molecule has 3 aromatic rings. The lowest BCUT2D eigenvalue weighted by Gasteiger charge is -2.45. The number of H-pyrrole nitrogens is 1. The molecule has 0 aliphatic carbocycles. The largest absolute Gasteiger partial charge is 0.368 e. The summed E-state index contributed by atoms with van der Waals surface area (Å²) in [6.07, 6.45) is 0. The van der Waals surface area contributed by atoms with Crippen molar-refractivity contribution in [1.82, 2.24) is 4.98 Å². The summed E-state index contributed by atoms with van der Waals surface area (Å²) in [7, 11) is -1.05. The van der Waals surface area contributed by atoms with Crippen LogP contribution < -0.4 is 4.90 Å². The SMILES string of the molecule is CC[S@@](=O)c1ccc(N2CC(C)(C#N)C2)c(-c2[nH]c3cc(C)ccc3c2Cl)c1. The predicted molar refractivity (Wildman–Crippen MR) is 116 cm³/mol. The van der Waals surface area contributed by atoms with E-state index in [1.165, 1.54) is 0 Å². The van der Waals surface area contributed by atoms with E-state index in [2.05, 4.69) is 22.0 Å². The molecule has 1 aliphatic rings. The summed E-state index contributed by atoms with van der Waals surface area (Å²) in [5.74, 6) is 0.564. The molecule has 2 aromatic carbocycles. The summed E-state index contributed by atoms with van der Waals surface area (Å²) in [6.45, 7) is 7.28. The van der Waals surface area contributed by atoms with Crippen LogP contribution in [0.15, 0.2) is 41.3 Å². The highest BCUT2D eigenvalue weighted by Crippen LogP contribution is 2.43. The van der Waals surface area contributed by atoms with Gasteiger partial charge in [0.05, 0.1) is 33.0 Å². The number of benzene rings is 2.